The Hall–Kier alpha value is -3.07. The second-order valence-corrected chi connectivity index (χ2v) is 12.8. The number of phenols is 2. The van der Waals surface area contributed by atoms with Crippen LogP contribution in [0, 0.1) is 11.8 Å². The molecule has 3 unspecified atom stereocenters. The number of carbonyl (C=O) groups excluding carboxylic acids is 4. The van der Waals surface area contributed by atoms with Gasteiger partial charge in [0.1, 0.15) is 0 Å². The van der Waals surface area contributed by atoms with E-state index >= 15 is 0 Å². The molecule has 1 aromatic rings. The fourth-order valence-electron chi connectivity index (χ4n) is 4.75. The van der Waals surface area contributed by atoms with Crippen molar-refractivity contribution in [3.8, 4) is 11.5 Å². The summed E-state index contributed by atoms with van der Waals surface area (Å²) < 4.78 is 26.8. The van der Waals surface area contributed by atoms with E-state index < -0.39 is 11.9 Å². The van der Waals surface area contributed by atoms with Gasteiger partial charge in [0.05, 0.1) is 57.6 Å². The summed E-state index contributed by atoms with van der Waals surface area (Å²) in [6.45, 7) is 4.04. The van der Waals surface area contributed by atoms with Crippen molar-refractivity contribution in [1.82, 2.24) is 5.32 Å². The van der Waals surface area contributed by atoms with Crippen LogP contribution in [0.4, 0.5) is 0 Å². The highest BCUT2D eigenvalue weighted by molar-refractivity contribution is 7.99. The molecule has 1 aliphatic heterocycles. The molecule has 2 rings (SSSR count). The van der Waals surface area contributed by atoms with E-state index in [0.717, 1.165) is 5.56 Å². The van der Waals surface area contributed by atoms with Gasteiger partial charge in [-0.1, -0.05) is 6.07 Å². The Labute approximate surface area is 287 Å². The molecule has 1 aromatic carbocycles. The molecular formula is C34H53NO12S. The smallest absolute Gasteiger partial charge is 0.311 e. The highest BCUT2D eigenvalue weighted by atomic mass is 32.2. The quantitative estimate of drug-likeness (QED) is 0.0328. The van der Waals surface area contributed by atoms with Gasteiger partial charge in [-0.25, -0.2) is 0 Å². The number of aliphatic hydroxyl groups excluding tert-OH is 1. The van der Waals surface area contributed by atoms with Crippen molar-refractivity contribution in [2.24, 2.45) is 11.8 Å². The summed E-state index contributed by atoms with van der Waals surface area (Å²) in [6, 6.07) is 4.57. The molecule has 48 heavy (non-hydrogen) atoms. The van der Waals surface area contributed by atoms with E-state index in [2.05, 4.69) is 5.32 Å². The summed E-state index contributed by atoms with van der Waals surface area (Å²) in [5.74, 6) is -1.04. The zero-order valence-electron chi connectivity index (χ0n) is 28.0. The minimum atomic E-state index is -0.515. The summed E-state index contributed by atoms with van der Waals surface area (Å²) in [7, 11) is 0. The van der Waals surface area contributed by atoms with Crippen LogP contribution in [0.3, 0.4) is 0 Å². The lowest BCUT2D eigenvalue weighted by Crippen LogP contribution is -2.26. The van der Waals surface area contributed by atoms with Crippen LogP contribution in [0.2, 0.25) is 0 Å². The maximum Gasteiger partial charge on any atom is 0.311 e. The summed E-state index contributed by atoms with van der Waals surface area (Å²) in [6.07, 6.45) is 4.77. The number of unbranched alkanes of at least 4 members (excludes halogenated alkanes) is 1. The topological polar surface area (TPSA) is 190 Å². The number of thioether (sulfide) groups is 1. The van der Waals surface area contributed by atoms with Crippen LogP contribution in [-0.2, 0) is 49.3 Å². The number of hydrogen-bond acceptors (Lipinski definition) is 13. The molecule has 0 bridgehead atoms. The molecule has 1 saturated heterocycles. The van der Waals surface area contributed by atoms with E-state index in [-0.39, 0.29) is 67.8 Å². The van der Waals surface area contributed by atoms with Crippen LogP contribution in [-0.4, -0.2) is 110 Å². The first kappa shape index (κ1) is 41.1. The number of amides is 1. The summed E-state index contributed by atoms with van der Waals surface area (Å²) >= 11 is 1.57. The number of esters is 3. The molecule has 4 N–H and O–H groups in total. The molecule has 3 atom stereocenters. The number of benzene rings is 1. The van der Waals surface area contributed by atoms with Crippen molar-refractivity contribution < 1.29 is 58.2 Å². The number of aliphatic hydroxyl groups is 1. The standard InChI is InChI=1S/C34H53NO12S/c1-2-44-32(40)9-3-4-16-45-33(41)26(22-28-24-47-28)8-6-17-46-34(42)27(7-5-15-36)23-43-18-20-48-19-13-31(39)35-14-12-25-10-11-29(37)30(38)21-25/h10-11,21,26-28,36-38H,2-9,12-20,22-24H2,1H3,(H,35,39). The molecule has 0 saturated carbocycles. The van der Waals surface area contributed by atoms with Gasteiger partial charge in [0.2, 0.25) is 5.91 Å². The van der Waals surface area contributed by atoms with Crippen LogP contribution >= 0.6 is 11.8 Å². The van der Waals surface area contributed by atoms with Gasteiger partial charge < -0.3 is 44.3 Å². The molecule has 1 aliphatic rings. The third kappa shape index (κ3) is 19.1. The Balaban J connectivity index is 1.58. The van der Waals surface area contributed by atoms with Crippen molar-refractivity contribution in [2.45, 2.75) is 77.2 Å². The van der Waals surface area contributed by atoms with Crippen LogP contribution in [0.25, 0.3) is 0 Å². The Kier molecular flexibility index (Phi) is 21.4. The van der Waals surface area contributed by atoms with Crippen molar-refractivity contribution in [3.05, 3.63) is 23.8 Å². The molecular weight excluding hydrogens is 646 g/mol. The van der Waals surface area contributed by atoms with Gasteiger partial charge in [-0.05, 0) is 76.0 Å². The van der Waals surface area contributed by atoms with Crippen LogP contribution in [0.1, 0.15) is 70.3 Å². The third-order valence-corrected chi connectivity index (χ3v) is 8.48. The lowest BCUT2D eigenvalue weighted by Gasteiger charge is -2.17. The predicted octanol–water partition coefficient (Wildman–Crippen LogP) is 3.29. The third-order valence-electron chi connectivity index (χ3n) is 7.53. The van der Waals surface area contributed by atoms with Crippen LogP contribution < -0.4 is 5.32 Å². The van der Waals surface area contributed by atoms with Crippen LogP contribution in [0.15, 0.2) is 18.2 Å². The fourth-order valence-corrected chi connectivity index (χ4v) is 5.51. The van der Waals surface area contributed by atoms with Gasteiger partial charge in [-0.2, -0.15) is 11.8 Å². The molecule has 0 spiro atoms. The zero-order chi connectivity index (χ0) is 35.0. The normalized spacial score (nSPS) is 14.9. The van der Waals surface area contributed by atoms with Gasteiger partial charge in [0.25, 0.3) is 0 Å². The molecule has 1 fully saturated rings. The monoisotopic (exact) mass is 699 g/mol. The van der Waals surface area contributed by atoms with Gasteiger partial charge >= 0.3 is 17.9 Å². The zero-order valence-corrected chi connectivity index (χ0v) is 28.8. The van der Waals surface area contributed by atoms with E-state index in [1.54, 1.807) is 24.8 Å². The lowest BCUT2D eigenvalue weighted by atomic mass is 9.98. The largest absolute Gasteiger partial charge is 0.504 e. The second kappa shape index (κ2) is 25.0. The lowest BCUT2D eigenvalue weighted by molar-refractivity contribution is -0.151. The Morgan fingerprint density at radius 3 is 2.35 bits per heavy atom. The van der Waals surface area contributed by atoms with Gasteiger partial charge in [-0.3, -0.25) is 19.2 Å². The number of hydrogen-bond donors (Lipinski definition) is 4. The summed E-state index contributed by atoms with van der Waals surface area (Å²) in [5.41, 5.74) is 0.807. The van der Waals surface area contributed by atoms with Crippen molar-refractivity contribution >= 4 is 35.6 Å². The summed E-state index contributed by atoms with van der Waals surface area (Å²) in [4.78, 5) is 48.9. The number of aromatic hydroxyl groups is 2. The minimum absolute atomic E-state index is 0.0451. The first-order chi connectivity index (χ1) is 23.2. The number of phenolic OH excluding ortho intramolecular Hbond substituents is 2. The maximum atomic E-state index is 12.8. The van der Waals surface area contributed by atoms with E-state index in [1.165, 1.54) is 12.1 Å². The SMILES string of the molecule is CCOC(=O)CCCCOC(=O)C(CCCOC(=O)C(CCCO)COCCSCCC(=O)NCCc1ccc(O)c(O)c1)CC1CO1. The van der Waals surface area contributed by atoms with Gasteiger partial charge in [0.15, 0.2) is 11.5 Å². The molecule has 1 heterocycles. The first-order valence-corrected chi connectivity index (χ1v) is 18.0. The number of epoxide rings is 1. The molecule has 0 aromatic heterocycles. The molecule has 14 heteroatoms. The average molecular weight is 700 g/mol. The average Bonchev–Trinajstić information content (AvgIpc) is 3.89. The maximum absolute atomic E-state index is 12.8. The molecule has 272 valence electrons. The van der Waals surface area contributed by atoms with E-state index in [0.29, 0.717) is 102 Å². The van der Waals surface area contributed by atoms with Crippen LogP contribution in [0.5, 0.6) is 11.5 Å². The number of carbonyl (C=O) groups is 4. The van der Waals surface area contributed by atoms with E-state index in [9.17, 15) is 34.5 Å². The highest BCUT2D eigenvalue weighted by Crippen LogP contribution is 2.25. The van der Waals surface area contributed by atoms with Gasteiger partial charge in [0, 0.05) is 37.5 Å². The Morgan fingerprint density at radius 2 is 1.65 bits per heavy atom. The number of ether oxygens (including phenoxy) is 5. The van der Waals surface area contributed by atoms with Gasteiger partial charge in [-0.15, -0.1) is 0 Å². The molecule has 13 nitrogen and oxygen atoms in total. The number of nitrogens with one attached hydrogen (secondary N) is 1. The summed E-state index contributed by atoms with van der Waals surface area (Å²) in [5, 5.41) is 31.0. The second-order valence-electron chi connectivity index (χ2n) is 11.6. The van der Waals surface area contributed by atoms with Crippen molar-refractivity contribution in [2.75, 3.05) is 64.3 Å². The first-order valence-electron chi connectivity index (χ1n) is 16.9. The fraction of sp³-hybridized carbons (Fsp3) is 0.706. The minimum Gasteiger partial charge on any atom is -0.504 e. The Bertz CT molecular complexity index is 1100. The Morgan fingerprint density at radius 1 is 0.917 bits per heavy atom. The van der Waals surface area contributed by atoms with Crippen molar-refractivity contribution in [1.29, 1.82) is 0 Å². The number of rotatable bonds is 28. The highest BCUT2D eigenvalue weighted by Gasteiger charge is 2.31. The van der Waals surface area contributed by atoms with E-state index in [1.807, 2.05) is 0 Å². The molecule has 0 radical (unpaired) electrons. The molecule has 1 amide bonds. The molecule has 0 aliphatic carbocycles. The van der Waals surface area contributed by atoms with Crippen molar-refractivity contribution in [3.63, 3.8) is 0 Å². The van der Waals surface area contributed by atoms with E-state index in [4.69, 9.17) is 23.7 Å². The predicted molar refractivity (Wildman–Crippen MR) is 179 cm³/mol.